The Balaban J connectivity index is 2.74. The van der Waals surface area contributed by atoms with Gasteiger partial charge in [0.15, 0.2) is 0 Å². The number of nitrogens with zero attached hydrogens (tertiary/aromatic N) is 3. The molecule has 0 saturated carbocycles. The van der Waals surface area contributed by atoms with Gasteiger partial charge in [0.05, 0.1) is 0 Å². The van der Waals surface area contributed by atoms with E-state index in [0.717, 1.165) is 29.9 Å². The summed E-state index contributed by atoms with van der Waals surface area (Å²) in [5.74, 6) is 1.46. The van der Waals surface area contributed by atoms with Gasteiger partial charge in [0.1, 0.15) is 0 Å². The summed E-state index contributed by atoms with van der Waals surface area (Å²) in [5, 5.41) is 0.809. The SMILES string of the molecule is CCN(CC(C)C)c1ncc(CBr)cn1. The van der Waals surface area contributed by atoms with Crippen LogP contribution in [0.4, 0.5) is 5.95 Å². The molecule has 0 N–H and O–H groups in total. The molecule has 0 radical (unpaired) electrons. The molecule has 1 rings (SSSR count). The van der Waals surface area contributed by atoms with Crippen molar-refractivity contribution in [1.29, 1.82) is 0 Å². The minimum atomic E-state index is 0.629. The van der Waals surface area contributed by atoms with Crippen molar-refractivity contribution in [3.05, 3.63) is 18.0 Å². The second-order valence-corrected chi connectivity index (χ2v) is 4.52. The average Bonchev–Trinajstić information content (AvgIpc) is 2.26. The second kappa shape index (κ2) is 6.05. The average molecular weight is 272 g/mol. The first-order chi connectivity index (χ1) is 7.17. The standard InChI is InChI=1S/C11H18BrN3/c1-4-15(8-9(2)3)11-13-6-10(5-12)7-14-11/h6-7,9H,4-5,8H2,1-3H3. The van der Waals surface area contributed by atoms with E-state index in [1.165, 1.54) is 0 Å². The van der Waals surface area contributed by atoms with Gasteiger partial charge in [-0.15, -0.1) is 0 Å². The first-order valence-corrected chi connectivity index (χ1v) is 6.41. The molecular weight excluding hydrogens is 254 g/mol. The minimum Gasteiger partial charge on any atom is -0.341 e. The number of hydrogen-bond acceptors (Lipinski definition) is 3. The van der Waals surface area contributed by atoms with Gasteiger partial charge in [0.25, 0.3) is 0 Å². The maximum atomic E-state index is 4.36. The Morgan fingerprint density at radius 3 is 2.33 bits per heavy atom. The molecule has 0 aliphatic heterocycles. The number of hydrogen-bond donors (Lipinski definition) is 0. The molecule has 0 aromatic carbocycles. The normalized spacial score (nSPS) is 10.7. The Bertz CT molecular complexity index is 284. The fraction of sp³-hybridized carbons (Fsp3) is 0.636. The van der Waals surface area contributed by atoms with Crippen LogP contribution < -0.4 is 4.90 Å². The third-order valence-corrected chi connectivity index (χ3v) is 2.74. The van der Waals surface area contributed by atoms with Crippen molar-refractivity contribution in [2.45, 2.75) is 26.1 Å². The molecule has 0 aliphatic carbocycles. The molecule has 0 amide bonds. The maximum Gasteiger partial charge on any atom is 0.225 e. The van der Waals surface area contributed by atoms with Gasteiger partial charge >= 0.3 is 0 Å². The van der Waals surface area contributed by atoms with Gasteiger partial charge in [0, 0.05) is 30.8 Å². The molecule has 1 aromatic rings. The summed E-state index contributed by atoms with van der Waals surface area (Å²) >= 11 is 3.38. The van der Waals surface area contributed by atoms with Crippen molar-refractivity contribution < 1.29 is 0 Å². The molecular formula is C11H18BrN3. The van der Waals surface area contributed by atoms with Crippen LogP contribution in [-0.2, 0) is 5.33 Å². The lowest BCUT2D eigenvalue weighted by Gasteiger charge is -2.22. The number of alkyl halides is 1. The molecule has 0 atom stereocenters. The van der Waals surface area contributed by atoms with Gasteiger partial charge in [-0.1, -0.05) is 29.8 Å². The molecule has 15 heavy (non-hydrogen) atoms. The van der Waals surface area contributed by atoms with Crippen LogP contribution in [0.25, 0.3) is 0 Å². The quantitative estimate of drug-likeness (QED) is 0.772. The first kappa shape index (κ1) is 12.4. The summed E-state index contributed by atoms with van der Waals surface area (Å²) in [5.41, 5.74) is 1.11. The Morgan fingerprint density at radius 2 is 1.93 bits per heavy atom. The summed E-state index contributed by atoms with van der Waals surface area (Å²) in [6.07, 6.45) is 3.75. The Morgan fingerprint density at radius 1 is 1.33 bits per heavy atom. The van der Waals surface area contributed by atoms with Crippen molar-refractivity contribution in [3.63, 3.8) is 0 Å². The predicted octanol–water partition coefficient (Wildman–Crippen LogP) is 2.85. The minimum absolute atomic E-state index is 0.629. The molecule has 0 fully saturated rings. The van der Waals surface area contributed by atoms with Crippen molar-refractivity contribution >= 4 is 21.9 Å². The highest BCUT2D eigenvalue weighted by Crippen LogP contribution is 2.10. The van der Waals surface area contributed by atoms with Gasteiger partial charge in [-0.25, -0.2) is 9.97 Å². The molecule has 1 aromatic heterocycles. The smallest absolute Gasteiger partial charge is 0.225 e. The zero-order valence-electron chi connectivity index (χ0n) is 9.57. The molecule has 3 nitrogen and oxygen atoms in total. The van der Waals surface area contributed by atoms with E-state index in [9.17, 15) is 0 Å². The molecule has 0 spiro atoms. The third kappa shape index (κ3) is 3.78. The van der Waals surface area contributed by atoms with E-state index in [1.807, 2.05) is 12.4 Å². The lowest BCUT2D eigenvalue weighted by atomic mass is 10.2. The second-order valence-electron chi connectivity index (χ2n) is 3.96. The summed E-state index contributed by atoms with van der Waals surface area (Å²) in [4.78, 5) is 10.9. The predicted molar refractivity (Wildman–Crippen MR) is 67.4 cm³/mol. The zero-order valence-corrected chi connectivity index (χ0v) is 11.2. The van der Waals surface area contributed by atoms with Gasteiger partial charge in [-0.3, -0.25) is 0 Å². The van der Waals surface area contributed by atoms with E-state index < -0.39 is 0 Å². The van der Waals surface area contributed by atoms with Crippen LogP contribution in [0.15, 0.2) is 12.4 Å². The summed E-state index contributed by atoms with van der Waals surface area (Å²) in [7, 11) is 0. The fourth-order valence-corrected chi connectivity index (χ4v) is 1.66. The van der Waals surface area contributed by atoms with E-state index in [0.29, 0.717) is 5.92 Å². The van der Waals surface area contributed by atoms with Crippen LogP contribution in [0.2, 0.25) is 0 Å². The molecule has 0 unspecified atom stereocenters. The fourth-order valence-electron chi connectivity index (χ4n) is 1.37. The van der Waals surface area contributed by atoms with E-state index in [4.69, 9.17) is 0 Å². The zero-order chi connectivity index (χ0) is 11.3. The van der Waals surface area contributed by atoms with Crippen LogP contribution >= 0.6 is 15.9 Å². The topological polar surface area (TPSA) is 29.0 Å². The summed E-state index contributed by atoms with van der Waals surface area (Å²) in [6, 6.07) is 0. The van der Waals surface area contributed by atoms with Crippen molar-refractivity contribution in [3.8, 4) is 0 Å². The Labute approximate surface area is 100 Å². The summed E-state index contributed by atoms with van der Waals surface area (Å²) in [6.45, 7) is 8.49. The van der Waals surface area contributed by atoms with Gasteiger partial charge in [0.2, 0.25) is 5.95 Å². The Hall–Kier alpha value is -0.640. The van der Waals surface area contributed by atoms with E-state index in [2.05, 4.69) is 51.6 Å². The van der Waals surface area contributed by atoms with Crippen molar-refractivity contribution in [1.82, 2.24) is 9.97 Å². The Kier molecular flexibility index (Phi) is 5.02. The monoisotopic (exact) mass is 271 g/mol. The van der Waals surface area contributed by atoms with Crippen LogP contribution in [0.1, 0.15) is 26.3 Å². The number of aromatic nitrogens is 2. The number of halogens is 1. The van der Waals surface area contributed by atoms with Gasteiger partial charge in [-0.2, -0.15) is 0 Å². The molecule has 0 bridgehead atoms. The van der Waals surface area contributed by atoms with Crippen LogP contribution in [-0.4, -0.2) is 23.1 Å². The highest BCUT2D eigenvalue weighted by atomic mass is 79.9. The largest absolute Gasteiger partial charge is 0.341 e. The highest BCUT2D eigenvalue weighted by Gasteiger charge is 2.08. The van der Waals surface area contributed by atoms with Crippen LogP contribution in [0.3, 0.4) is 0 Å². The van der Waals surface area contributed by atoms with Crippen molar-refractivity contribution in [2.24, 2.45) is 5.92 Å². The van der Waals surface area contributed by atoms with Gasteiger partial charge in [-0.05, 0) is 18.4 Å². The molecule has 84 valence electrons. The lowest BCUT2D eigenvalue weighted by Crippen LogP contribution is -2.28. The molecule has 1 heterocycles. The summed E-state index contributed by atoms with van der Waals surface area (Å²) < 4.78 is 0. The van der Waals surface area contributed by atoms with Crippen molar-refractivity contribution in [2.75, 3.05) is 18.0 Å². The van der Waals surface area contributed by atoms with E-state index in [1.54, 1.807) is 0 Å². The highest BCUT2D eigenvalue weighted by molar-refractivity contribution is 9.08. The van der Waals surface area contributed by atoms with Crippen LogP contribution in [0, 0.1) is 5.92 Å². The van der Waals surface area contributed by atoms with E-state index in [-0.39, 0.29) is 0 Å². The molecule has 4 heteroatoms. The molecule has 0 aliphatic rings. The van der Waals surface area contributed by atoms with Gasteiger partial charge < -0.3 is 4.90 Å². The maximum absolute atomic E-state index is 4.36. The number of anilines is 1. The van der Waals surface area contributed by atoms with Crippen LogP contribution in [0.5, 0.6) is 0 Å². The van der Waals surface area contributed by atoms with E-state index >= 15 is 0 Å². The number of rotatable bonds is 5. The third-order valence-electron chi connectivity index (χ3n) is 2.10. The first-order valence-electron chi connectivity index (χ1n) is 5.29. The molecule has 0 saturated heterocycles. The lowest BCUT2D eigenvalue weighted by molar-refractivity contribution is 0.609.